The zero-order valence-corrected chi connectivity index (χ0v) is 10.4. The van der Waals surface area contributed by atoms with Crippen LogP contribution in [0.4, 0.5) is 11.4 Å². The van der Waals surface area contributed by atoms with E-state index in [1.165, 1.54) is 11.1 Å². The number of benzene rings is 1. The molecule has 2 aliphatic rings. The van der Waals surface area contributed by atoms with Crippen molar-refractivity contribution in [1.29, 1.82) is 0 Å². The van der Waals surface area contributed by atoms with Crippen LogP contribution in [0.15, 0.2) is 24.3 Å². The molecule has 0 amide bonds. The van der Waals surface area contributed by atoms with Crippen LogP contribution in [0.3, 0.4) is 0 Å². The third-order valence-corrected chi connectivity index (χ3v) is 3.79. The van der Waals surface area contributed by atoms with Crippen LogP contribution in [0, 0.1) is 0 Å². The summed E-state index contributed by atoms with van der Waals surface area (Å²) in [6.07, 6.45) is 1.08. The van der Waals surface area contributed by atoms with Crippen molar-refractivity contribution < 1.29 is 0 Å². The summed E-state index contributed by atoms with van der Waals surface area (Å²) in [5.41, 5.74) is 10.3. The minimum atomic E-state index is 0.535. The maximum atomic E-state index is 6.06. The number of rotatable bonds is 0. The number of hydrogen-bond donors (Lipinski definition) is 2. The van der Waals surface area contributed by atoms with Gasteiger partial charge in [0.05, 0.1) is 11.4 Å². The van der Waals surface area contributed by atoms with E-state index in [9.17, 15) is 0 Å². The lowest BCUT2D eigenvalue weighted by Gasteiger charge is -2.20. The Hall–Kier alpha value is -1.19. The van der Waals surface area contributed by atoms with Crippen LogP contribution in [0.2, 0.25) is 5.02 Å². The van der Waals surface area contributed by atoms with Gasteiger partial charge in [-0.25, -0.2) is 0 Å². The van der Waals surface area contributed by atoms with Crippen LogP contribution >= 0.6 is 11.6 Å². The summed E-state index contributed by atoms with van der Waals surface area (Å²) in [5.74, 6) is 0. The van der Waals surface area contributed by atoms with Gasteiger partial charge in [0, 0.05) is 30.7 Å². The Balaban J connectivity index is 1.98. The second-order valence-corrected chi connectivity index (χ2v) is 5.36. The average Bonchev–Trinajstić information content (AvgIpc) is 2.48. The summed E-state index contributed by atoms with van der Waals surface area (Å²) in [6.45, 7) is 6.89. The van der Waals surface area contributed by atoms with Gasteiger partial charge in [0.2, 0.25) is 0 Å². The molecule has 3 nitrogen and oxygen atoms in total. The Morgan fingerprint density at radius 2 is 2.24 bits per heavy atom. The van der Waals surface area contributed by atoms with Crippen molar-refractivity contribution in [3.05, 3.63) is 34.9 Å². The molecule has 2 heterocycles. The highest BCUT2D eigenvalue weighted by molar-refractivity contribution is 6.31. The Bertz CT molecular complexity index is 484. The van der Waals surface area contributed by atoms with Gasteiger partial charge >= 0.3 is 0 Å². The van der Waals surface area contributed by atoms with E-state index in [0.29, 0.717) is 11.1 Å². The van der Waals surface area contributed by atoms with Crippen molar-refractivity contribution in [1.82, 2.24) is 4.90 Å². The Morgan fingerprint density at radius 1 is 1.41 bits per heavy atom. The number of nitrogens with two attached hydrogens (primary N) is 1. The fourth-order valence-corrected chi connectivity index (χ4v) is 3.04. The van der Waals surface area contributed by atoms with Gasteiger partial charge in [0.15, 0.2) is 0 Å². The van der Waals surface area contributed by atoms with Gasteiger partial charge in [-0.15, -0.1) is 0 Å². The second-order valence-electron chi connectivity index (χ2n) is 4.92. The minimum Gasteiger partial charge on any atom is -0.397 e. The van der Waals surface area contributed by atoms with Crippen molar-refractivity contribution >= 4 is 23.0 Å². The quantitative estimate of drug-likeness (QED) is 0.548. The minimum absolute atomic E-state index is 0.535. The highest BCUT2D eigenvalue weighted by Crippen LogP contribution is 2.34. The van der Waals surface area contributed by atoms with E-state index in [-0.39, 0.29) is 0 Å². The third kappa shape index (κ3) is 1.90. The molecular formula is C13H16ClN3. The molecule has 0 aliphatic carbocycles. The number of halogens is 1. The molecule has 3 rings (SSSR count). The third-order valence-electron chi connectivity index (χ3n) is 3.57. The van der Waals surface area contributed by atoms with Gasteiger partial charge in [-0.1, -0.05) is 23.8 Å². The summed E-state index contributed by atoms with van der Waals surface area (Å²) in [4.78, 5) is 2.44. The lowest BCUT2D eigenvalue weighted by atomic mass is 10.1. The lowest BCUT2D eigenvalue weighted by molar-refractivity contribution is 0.261. The van der Waals surface area contributed by atoms with Gasteiger partial charge in [-0.2, -0.15) is 0 Å². The fraction of sp³-hybridized carbons (Fsp3) is 0.385. The molecule has 1 aromatic rings. The number of anilines is 2. The summed E-state index contributed by atoms with van der Waals surface area (Å²) < 4.78 is 0. The van der Waals surface area contributed by atoms with Crippen LogP contribution in [-0.2, 0) is 6.54 Å². The standard InChI is InChI=1S/C13H16ClN3/c1-8-2-11-5-16-13-9(7-17(11)6-8)3-10(14)4-12(13)15/h3-4,11,16H,1-2,5-7,15H2/t11-/m0/s1. The first kappa shape index (κ1) is 10.9. The first-order valence-electron chi connectivity index (χ1n) is 5.86. The van der Waals surface area contributed by atoms with Crippen molar-refractivity contribution in [2.45, 2.75) is 19.0 Å². The van der Waals surface area contributed by atoms with Gasteiger partial charge < -0.3 is 11.1 Å². The van der Waals surface area contributed by atoms with Crippen molar-refractivity contribution in [3.63, 3.8) is 0 Å². The van der Waals surface area contributed by atoms with Gasteiger partial charge in [0.25, 0.3) is 0 Å². The molecule has 2 aliphatic heterocycles. The van der Waals surface area contributed by atoms with Crippen LogP contribution in [0.25, 0.3) is 0 Å². The lowest BCUT2D eigenvalue weighted by Crippen LogP contribution is -2.31. The van der Waals surface area contributed by atoms with E-state index in [1.807, 2.05) is 12.1 Å². The first-order valence-corrected chi connectivity index (χ1v) is 6.24. The number of nitrogens with one attached hydrogen (secondary N) is 1. The molecule has 3 N–H and O–H groups in total. The summed E-state index contributed by atoms with van der Waals surface area (Å²) in [7, 11) is 0. The normalized spacial score (nSPS) is 23.8. The molecule has 0 radical (unpaired) electrons. The molecular weight excluding hydrogens is 234 g/mol. The van der Waals surface area contributed by atoms with Gasteiger partial charge in [-0.3, -0.25) is 4.90 Å². The van der Waals surface area contributed by atoms with E-state index in [4.69, 9.17) is 17.3 Å². The van der Waals surface area contributed by atoms with E-state index >= 15 is 0 Å². The second kappa shape index (κ2) is 3.93. The topological polar surface area (TPSA) is 41.3 Å². The smallest absolute Gasteiger partial charge is 0.0621 e. The van der Waals surface area contributed by atoms with Crippen molar-refractivity contribution in [2.75, 3.05) is 24.1 Å². The summed E-state index contributed by atoms with van der Waals surface area (Å²) in [5, 5.41) is 4.15. The van der Waals surface area contributed by atoms with Gasteiger partial charge in [0.1, 0.15) is 0 Å². The maximum Gasteiger partial charge on any atom is 0.0621 e. The van der Waals surface area contributed by atoms with E-state index in [1.54, 1.807) is 0 Å². The maximum absolute atomic E-state index is 6.06. The highest BCUT2D eigenvalue weighted by Gasteiger charge is 2.30. The van der Waals surface area contributed by atoms with E-state index in [2.05, 4.69) is 16.8 Å². The van der Waals surface area contributed by atoms with Crippen LogP contribution < -0.4 is 11.1 Å². The van der Waals surface area contributed by atoms with Crippen LogP contribution in [-0.4, -0.2) is 24.0 Å². The van der Waals surface area contributed by atoms with E-state index in [0.717, 1.165) is 37.4 Å². The number of nitrogens with zero attached hydrogens (tertiary/aromatic N) is 1. The van der Waals surface area contributed by atoms with E-state index < -0.39 is 0 Å². The molecule has 4 heteroatoms. The molecule has 1 saturated heterocycles. The summed E-state index contributed by atoms with van der Waals surface area (Å²) >= 11 is 6.06. The van der Waals surface area contributed by atoms with Crippen LogP contribution in [0.5, 0.6) is 0 Å². The monoisotopic (exact) mass is 249 g/mol. The predicted molar refractivity (Wildman–Crippen MR) is 72.3 cm³/mol. The molecule has 0 spiro atoms. The zero-order chi connectivity index (χ0) is 12.0. The molecule has 0 bridgehead atoms. The molecule has 0 saturated carbocycles. The zero-order valence-electron chi connectivity index (χ0n) is 9.67. The molecule has 90 valence electrons. The molecule has 0 aromatic heterocycles. The first-order chi connectivity index (χ1) is 8.13. The summed E-state index contributed by atoms with van der Waals surface area (Å²) in [6, 6.07) is 4.35. The number of hydrogen-bond acceptors (Lipinski definition) is 3. The van der Waals surface area contributed by atoms with Crippen molar-refractivity contribution in [2.24, 2.45) is 0 Å². The van der Waals surface area contributed by atoms with Gasteiger partial charge in [-0.05, 0) is 24.1 Å². The number of nitrogen functional groups attached to an aromatic ring is 1. The molecule has 1 atom stereocenters. The Morgan fingerprint density at radius 3 is 3.06 bits per heavy atom. The molecule has 1 aromatic carbocycles. The molecule has 1 fully saturated rings. The molecule has 0 unspecified atom stereocenters. The highest BCUT2D eigenvalue weighted by atomic mass is 35.5. The largest absolute Gasteiger partial charge is 0.397 e. The molecule has 17 heavy (non-hydrogen) atoms. The predicted octanol–water partition coefficient (Wildman–Crippen LogP) is 2.48. The van der Waals surface area contributed by atoms with Crippen molar-refractivity contribution in [3.8, 4) is 0 Å². The average molecular weight is 250 g/mol. The fourth-order valence-electron chi connectivity index (χ4n) is 2.79. The Kier molecular flexibility index (Phi) is 2.53. The number of fused-ring (bicyclic) bond motifs is 2. The van der Waals surface area contributed by atoms with Crippen LogP contribution in [0.1, 0.15) is 12.0 Å². The SMILES string of the molecule is C=C1C[C@H]2CNc3c(N)cc(Cl)cc3CN2C1. The Labute approximate surface area is 106 Å².